The monoisotopic (exact) mass is 308 g/mol. The van der Waals surface area contributed by atoms with Crippen LogP contribution >= 0.6 is 22.9 Å². The van der Waals surface area contributed by atoms with Gasteiger partial charge in [-0.1, -0.05) is 11.6 Å². The van der Waals surface area contributed by atoms with Gasteiger partial charge in [-0.3, -0.25) is 4.90 Å². The Morgan fingerprint density at radius 1 is 1.39 bits per heavy atom. The Bertz CT molecular complexity index is 499. The molecule has 0 bridgehead atoms. The van der Waals surface area contributed by atoms with Crippen LogP contribution in [-0.4, -0.2) is 44.0 Å². The van der Waals surface area contributed by atoms with Gasteiger partial charge in [-0.05, 0) is 19.1 Å². The van der Waals surface area contributed by atoms with Gasteiger partial charge in [0.15, 0.2) is 9.84 Å². The maximum atomic E-state index is 11.5. The van der Waals surface area contributed by atoms with Crippen LogP contribution in [0.4, 0.5) is 0 Å². The molecule has 4 nitrogen and oxygen atoms in total. The van der Waals surface area contributed by atoms with E-state index in [9.17, 15) is 8.42 Å². The van der Waals surface area contributed by atoms with E-state index < -0.39 is 9.84 Å². The van der Waals surface area contributed by atoms with Gasteiger partial charge in [0.1, 0.15) is 0 Å². The Labute approximate surface area is 117 Å². The summed E-state index contributed by atoms with van der Waals surface area (Å²) >= 11 is 7.47. The Balaban J connectivity index is 2.17. The van der Waals surface area contributed by atoms with E-state index in [1.165, 1.54) is 11.3 Å². The zero-order chi connectivity index (χ0) is 13.3. The standard InChI is InChI=1S/C11H17ClN2O2S2/c1-8(13)11(9-2-3-10(12)17-9)14-4-6-18(15,16)7-5-14/h2-3,8,11H,4-7,13H2,1H3. The Hall–Kier alpha value is -0.140. The summed E-state index contributed by atoms with van der Waals surface area (Å²) in [6.45, 7) is 3.04. The van der Waals surface area contributed by atoms with Crippen LogP contribution in [0.1, 0.15) is 17.8 Å². The number of hydrogen-bond donors (Lipinski definition) is 1. The highest BCUT2D eigenvalue weighted by Gasteiger charge is 2.30. The molecule has 0 spiro atoms. The van der Waals surface area contributed by atoms with Crippen LogP contribution in [-0.2, 0) is 9.84 Å². The fraction of sp³-hybridized carbons (Fsp3) is 0.636. The number of thiophene rings is 1. The lowest BCUT2D eigenvalue weighted by atomic mass is 10.1. The molecule has 2 atom stereocenters. The van der Waals surface area contributed by atoms with Crippen molar-refractivity contribution >= 4 is 32.8 Å². The maximum absolute atomic E-state index is 11.5. The third-order valence-corrected chi connectivity index (χ3v) is 6.07. The molecule has 0 saturated carbocycles. The van der Waals surface area contributed by atoms with E-state index in [-0.39, 0.29) is 23.6 Å². The number of nitrogens with two attached hydrogens (primary N) is 1. The van der Waals surface area contributed by atoms with E-state index in [1.807, 2.05) is 19.1 Å². The van der Waals surface area contributed by atoms with Crippen LogP contribution in [0.15, 0.2) is 12.1 Å². The van der Waals surface area contributed by atoms with Gasteiger partial charge >= 0.3 is 0 Å². The van der Waals surface area contributed by atoms with Crippen molar-refractivity contribution < 1.29 is 8.42 Å². The number of halogens is 1. The molecule has 0 aliphatic carbocycles. The molecule has 0 amide bonds. The van der Waals surface area contributed by atoms with Gasteiger partial charge in [0.05, 0.1) is 21.9 Å². The molecular weight excluding hydrogens is 292 g/mol. The van der Waals surface area contributed by atoms with Gasteiger partial charge in [-0.2, -0.15) is 0 Å². The molecule has 1 aromatic heterocycles. The summed E-state index contributed by atoms with van der Waals surface area (Å²) in [5.74, 6) is 0.435. The quantitative estimate of drug-likeness (QED) is 0.919. The second kappa shape index (κ2) is 5.46. The van der Waals surface area contributed by atoms with Crippen molar-refractivity contribution in [3.63, 3.8) is 0 Å². The van der Waals surface area contributed by atoms with Gasteiger partial charge in [-0.15, -0.1) is 11.3 Å². The Morgan fingerprint density at radius 3 is 2.44 bits per heavy atom. The van der Waals surface area contributed by atoms with E-state index in [0.29, 0.717) is 13.1 Å². The molecule has 18 heavy (non-hydrogen) atoms. The number of hydrogen-bond acceptors (Lipinski definition) is 5. The summed E-state index contributed by atoms with van der Waals surface area (Å²) in [7, 11) is -2.86. The zero-order valence-corrected chi connectivity index (χ0v) is 12.6. The average molecular weight is 309 g/mol. The minimum Gasteiger partial charge on any atom is -0.326 e. The molecule has 1 aromatic rings. The fourth-order valence-electron chi connectivity index (χ4n) is 2.26. The lowest BCUT2D eigenvalue weighted by molar-refractivity contribution is 0.194. The SMILES string of the molecule is CC(N)C(c1ccc(Cl)s1)N1CCS(=O)(=O)CC1. The molecule has 1 aliphatic heterocycles. The van der Waals surface area contributed by atoms with Gasteiger partial charge in [0, 0.05) is 24.0 Å². The van der Waals surface area contributed by atoms with Crippen molar-refractivity contribution in [2.24, 2.45) is 5.73 Å². The van der Waals surface area contributed by atoms with E-state index in [1.54, 1.807) is 0 Å². The summed E-state index contributed by atoms with van der Waals surface area (Å²) in [6.07, 6.45) is 0. The normalized spacial score (nSPS) is 23.7. The van der Waals surface area contributed by atoms with E-state index in [0.717, 1.165) is 9.21 Å². The summed E-state index contributed by atoms with van der Waals surface area (Å²) in [5, 5.41) is 0. The zero-order valence-electron chi connectivity index (χ0n) is 10.2. The summed E-state index contributed by atoms with van der Waals surface area (Å²) in [6, 6.07) is 3.83. The molecule has 7 heteroatoms. The van der Waals surface area contributed by atoms with Crippen LogP contribution in [0.3, 0.4) is 0 Å². The maximum Gasteiger partial charge on any atom is 0.152 e. The lowest BCUT2D eigenvalue weighted by Gasteiger charge is -2.36. The van der Waals surface area contributed by atoms with Gasteiger partial charge in [-0.25, -0.2) is 8.42 Å². The summed E-state index contributed by atoms with van der Waals surface area (Å²) in [5.41, 5.74) is 6.05. The molecule has 2 rings (SSSR count). The van der Waals surface area contributed by atoms with Gasteiger partial charge in [0.2, 0.25) is 0 Å². The molecule has 0 aromatic carbocycles. The second-order valence-corrected chi connectivity index (χ2v) is 8.68. The predicted octanol–water partition coefficient (Wildman–Crippen LogP) is 1.52. The van der Waals surface area contributed by atoms with Crippen molar-refractivity contribution in [3.05, 3.63) is 21.3 Å². The van der Waals surface area contributed by atoms with Gasteiger partial charge in [0.25, 0.3) is 0 Å². The molecule has 1 fully saturated rings. The predicted molar refractivity (Wildman–Crippen MR) is 75.9 cm³/mol. The van der Waals surface area contributed by atoms with Crippen LogP contribution in [0, 0.1) is 0 Å². The van der Waals surface area contributed by atoms with Gasteiger partial charge < -0.3 is 5.73 Å². The molecule has 2 unspecified atom stereocenters. The van der Waals surface area contributed by atoms with Crippen LogP contribution in [0.5, 0.6) is 0 Å². The Kier molecular flexibility index (Phi) is 4.33. The van der Waals surface area contributed by atoms with Crippen molar-refractivity contribution in [3.8, 4) is 0 Å². The fourth-order valence-corrected chi connectivity index (χ4v) is 4.81. The molecular formula is C11H17ClN2O2S2. The van der Waals surface area contributed by atoms with Crippen LogP contribution < -0.4 is 5.73 Å². The van der Waals surface area contributed by atoms with E-state index in [4.69, 9.17) is 17.3 Å². The molecule has 2 heterocycles. The van der Waals surface area contributed by atoms with Crippen molar-refractivity contribution in [1.82, 2.24) is 4.90 Å². The number of nitrogens with zero attached hydrogens (tertiary/aromatic N) is 1. The minimum atomic E-state index is -2.86. The first-order valence-corrected chi connectivity index (χ1v) is 8.86. The van der Waals surface area contributed by atoms with Crippen molar-refractivity contribution in [1.29, 1.82) is 0 Å². The second-order valence-electron chi connectivity index (χ2n) is 4.63. The first-order chi connectivity index (χ1) is 8.39. The molecule has 1 aliphatic rings. The Morgan fingerprint density at radius 2 is 2.00 bits per heavy atom. The smallest absolute Gasteiger partial charge is 0.152 e. The molecule has 2 N–H and O–H groups in total. The summed E-state index contributed by atoms with van der Waals surface area (Å²) in [4.78, 5) is 3.25. The summed E-state index contributed by atoms with van der Waals surface area (Å²) < 4.78 is 23.6. The number of rotatable bonds is 3. The lowest BCUT2D eigenvalue weighted by Crippen LogP contribution is -2.47. The molecule has 0 radical (unpaired) electrons. The van der Waals surface area contributed by atoms with E-state index in [2.05, 4.69) is 4.90 Å². The number of sulfone groups is 1. The third-order valence-electron chi connectivity index (χ3n) is 3.16. The first-order valence-electron chi connectivity index (χ1n) is 5.84. The molecule has 1 saturated heterocycles. The first kappa shape index (κ1) is 14.3. The van der Waals surface area contributed by atoms with Crippen LogP contribution in [0.25, 0.3) is 0 Å². The average Bonchev–Trinajstić information content (AvgIpc) is 2.67. The topological polar surface area (TPSA) is 63.4 Å². The van der Waals surface area contributed by atoms with Crippen molar-refractivity contribution in [2.75, 3.05) is 24.6 Å². The minimum absolute atomic E-state index is 0.0537. The van der Waals surface area contributed by atoms with Crippen molar-refractivity contribution in [2.45, 2.75) is 19.0 Å². The third kappa shape index (κ3) is 3.24. The highest BCUT2D eigenvalue weighted by Crippen LogP contribution is 2.32. The highest BCUT2D eigenvalue weighted by atomic mass is 35.5. The largest absolute Gasteiger partial charge is 0.326 e. The van der Waals surface area contributed by atoms with E-state index >= 15 is 0 Å². The van der Waals surface area contributed by atoms with Crippen LogP contribution in [0.2, 0.25) is 4.34 Å². The molecule has 102 valence electrons. The highest BCUT2D eigenvalue weighted by molar-refractivity contribution is 7.91.